The van der Waals surface area contributed by atoms with E-state index in [0.29, 0.717) is 30.3 Å². The van der Waals surface area contributed by atoms with Crippen LogP contribution in [0.4, 0.5) is 17.5 Å². The smallest absolute Gasteiger partial charge is 0.214 e. The summed E-state index contributed by atoms with van der Waals surface area (Å²) in [4.78, 5) is 14.8. The number of rotatable bonds is 9. The lowest BCUT2D eigenvalue weighted by Crippen LogP contribution is -2.33. The van der Waals surface area contributed by atoms with Gasteiger partial charge in [-0.3, -0.25) is 4.57 Å². The second kappa shape index (κ2) is 10.9. The van der Waals surface area contributed by atoms with Crippen LogP contribution in [0.1, 0.15) is 12.6 Å². The normalized spacial score (nSPS) is 21.2. The second-order valence-corrected chi connectivity index (χ2v) is 9.07. The maximum atomic E-state index is 10.7. The SMILES string of the molecule is CN(c1ccc(-c2cccc(OCCCN)c2)cc1)c1nc2c(N)ncnc2n1[C@@H]1O[C@H](CO)[C@@H](O)[C@H]1O. The summed E-state index contributed by atoms with van der Waals surface area (Å²) in [6.07, 6.45) is -2.54. The minimum Gasteiger partial charge on any atom is -0.494 e. The van der Waals surface area contributed by atoms with Crippen LogP contribution in [0, 0.1) is 0 Å². The van der Waals surface area contributed by atoms with Crippen molar-refractivity contribution in [3.8, 4) is 16.9 Å². The molecule has 0 aliphatic carbocycles. The Labute approximate surface area is 219 Å². The molecule has 2 aromatic heterocycles. The van der Waals surface area contributed by atoms with Crippen LogP contribution in [0.5, 0.6) is 5.75 Å². The number of hydrogen-bond donors (Lipinski definition) is 5. The fourth-order valence-corrected chi connectivity index (χ4v) is 4.51. The zero-order chi connectivity index (χ0) is 26.8. The Morgan fingerprint density at radius 3 is 2.58 bits per heavy atom. The summed E-state index contributed by atoms with van der Waals surface area (Å²) in [5.74, 6) is 1.31. The molecule has 1 aliphatic heterocycles. The van der Waals surface area contributed by atoms with Crippen LogP contribution < -0.4 is 21.1 Å². The van der Waals surface area contributed by atoms with Gasteiger partial charge in [0.05, 0.1) is 13.2 Å². The summed E-state index contributed by atoms with van der Waals surface area (Å²) < 4.78 is 13.1. The van der Waals surface area contributed by atoms with Crippen LogP contribution >= 0.6 is 0 Å². The quantitative estimate of drug-likeness (QED) is 0.200. The zero-order valence-corrected chi connectivity index (χ0v) is 20.9. The molecule has 0 spiro atoms. The van der Waals surface area contributed by atoms with Crippen molar-refractivity contribution in [1.29, 1.82) is 0 Å². The highest BCUT2D eigenvalue weighted by Crippen LogP contribution is 2.38. The van der Waals surface area contributed by atoms with Crippen LogP contribution in [0.15, 0.2) is 54.9 Å². The molecular weight excluding hydrogens is 490 g/mol. The number of nitrogen functional groups attached to an aromatic ring is 1. The van der Waals surface area contributed by atoms with Gasteiger partial charge in [0.15, 0.2) is 23.2 Å². The molecule has 0 amide bonds. The maximum absolute atomic E-state index is 10.7. The van der Waals surface area contributed by atoms with Crippen LogP contribution in [0.25, 0.3) is 22.3 Å². The number of fused-ring (bicyclic) bond motifs is 1. The van der Waals surface area contributed by atoms with Gasteiger partial charge in [0.1, 0.15) is 30.4 Å². The highest BCUT2D eigenvalue weighted by atomic mass is 16.6. The predicted octanol–water partition coefficient (Wildman–Crippen LogP) is 1.18. The lowest BCUT2D eigenvalue weighted by atomic mass is 10.0. The van der Waals surface area contributed by atoms with Gasteiger partial charge in [0.2, 0.25) is 5.95 Å². The summed E-state index contributed by atoms with van der Waals surface area (Å²) in [5, 5.41) is 30.7. The summed E-state index contributed by atoms with van der Waals surface area (Å²) in [7, 11) is 1.81. The summed E-state index contributed by atoms with van der Waals surface area (Å²) >= 11 is 0. The molecule has 5 rings (SSSR count). The molecule has 3 heterocycles. The zero-order valence-electron chi connectivity index (χ0n) is 20.9. The molecule has 1 saturated heterocycles. The third-order valence-electron chi connectivity index (χ3n) is 6.60. The van der Waals surface area contributed by atoms with Crippen LogP contribution in [0.3, 0.4) is 0 Å². The number of imidazole rings is 1. The van der Waals surface area contributed by atoms with E-state index in [-0.39, 0.29) is 5.82 Å². The molecule has 4 atom stereocenters. The molecule has 7 N–H and O–H groups in total. The van der Waals surface area contributed by atoms with E-state index in [0.717, 1.165) is 29.0 Å². The molecule has 4 aromatic rings. The number of aliphatic hydroxyl groups is 3. The average Bonchev–Trinajstić information content (AvgIpc) is 3.46. The third-order valence-corrected chi connectivity index (χ3v) is 6.60. The number of nitrogens with two attached hydrogens (primary N) is 2. The highest BCUT2D eigenvalue weighted by molar-refractivity contribution is 5.85. The summed E-state index contributed by atoms with van der Waals surface area (Å²) in [6.45, 7) is 0.690. The largest absolute Gasteiger partial charge is 0.494 e. The van der Waals surface area contributed by atoms with E-state index in [9.17, 15) is 15.3 Å². The minimum atomic E-state index is -1.32. The molecule has 1 aliphatic rings. The van der Waals surface area contributed by atoms with Gasteiger partial charge in [-0.05, 0) is 48.4 Å². The van der Waals surface area contributed by atoms with Gasteiger partial charge in [-0.1, -0.05) is 24.3 Å². The first-order valence-electron chi connectivity index (χ1n) is 12.3. The molecular formula is C26H31N7O5. The van der Waals surface area contributed by atoms with Crippen LogP contribution in [-0.2, 0) is 4.74 Å². The molecule has 38 heavy (non-hydrogen) atoms. The molecule has 200 valence electrons. The van der Waals surface area contributed by atoms with Crippen molar-refractivity contribution < 1.29 is 24.8 Å². The Bertz CT molecular complexity index is 1400. The molecule has 12 nitrogen and oxygen atoms in total. The first kappa shape index (κ1) is 25.8. The first-order valence-corrected chi connectivity index (χ1v) is 12.3. The van der Waals surface area contributed by atoms with Crippen molar-refractivity contribution in [3.05, 3.63) is 54.9 Å². The molecule has 2 aromatic carbocycles. The van der Waals surface area contributed by atoms with E-state index in [4.69, 9.17) is 20.9 Å². The average molecular weight is 522 g/mol. The number of aromatic nitrogens is 4. The third kappa shape index (κ3) is 4.75. The molecule has 0 bridgehead atoms. The van der Waals surface area contributed by atoms with Gasteiger partial charge < -0.3 is 41.2 Å². The Hall–Kier alpha value is -3.81. The standard InChI is InChI=1S/C26H31N7O5/c1-32(17-8-6-15(7-9-17)16-4-2-5-18(12-16)37-11-3-10-27)26-31-20-23(28)29-14-30-24(20)33(26)25-22(36)21(35)19(13-34)38-25/h2,4-9,12,14,19,21-22,25,34-36H,3,10-11,13,27H2,1H3,(H2,28,29,30)/t19-,21-,22-,25-/m1/s1. The van der Waals surface area contributed by atoms with Gasteiger partial charge in [-0.25, -0.2) is 15.0 Å². The number of hydrogen-bond acceptors (Lipinski definition) is 11. The van der Waals surface area contributed by atoms with E-state index >= 15 is 0 Å². The van der Waals surface area contributed by atoms with Crippen molar-refractivity contribution in [2.24, 2.45) is 5.73 Å². The molecule has 0 unspecified atom stereocenters. The van der Waals surface area contributed by atoms with E-state index in [2.05, 4.69) is 15.0 Å². The lowest BCUT2D eigenvalue weighted by Gasteiger charge is -2.24. The monoisotopic (exact) mass is 521 g/mol. The number of nitrogens with zero attached hydrogens (tertiary/aromatic N) is 5. The number of aliphatic hydroxyl groups excluding tert-OH is 3. The second-order valence-electron chi connectivity index (χ2n) is 9.07. The molecule has 0 radical (unpaired) electrons. The minimum absolute atomic E-state index is 0.166. The van der Waals surface area contributed by atoms with E-state index in [1.165, 1.54) is 6.33 Å². The van der Waals surface area contributed by atoms with Crippen molar-refractivity contribution in [1.82, 2.24) is 19.5 Å². The van der Waals surface area contributed by atoms with E-state index < -0.39 is 31.1 Å². The Morgan fingerprint density at radius 1 is 1.08 bits per heavy atom. The fourth-order valence-electron chi connectivity index (χ4n) is 4.51. The number of ether oxygens (including phenoxy) is 2. The van der Waals surface area contributed by atoms with Crippen molar-refractivity contribution >= 4 is 28.6 Å². The summed E-state index contributed by atoms with van der Waals surface area (Å²) in [6, 6.07) is 15.7. The Kier molecular flexibility index (Phi) is 7.40. The predicted molar refractivity (Wildman–Crippen MR) is 142 cm³/mol. The van der Waals surface area contributed by atoms with Crippen molar-refractivity contribution in [2.45, 2.75) is 31.0 Å². The van der Waals surface area contributed by atoms with Crippen LogP contribution in [0.2, 0.25) is 0 Å². The first-order chi connectivity index (χ1) is 18.4. The topological polar surface area (TPSA) is 178 Å². The molecule has 0 saturated carbocycles. The van der Waals surface area contributed by atoms with Crippen molar-refractivity contribution in [2.75, 3.05) is 37.4 Å². The van der Waals surface area contributed by atoms with Gasteiger partial charge in [-0.2, -0.15) is 0 Å². The van der Waals surface area contributed by atoms with Crippen molar-refractivity contribution in [3.63, 3.8) is 0 Å². The Balaban J connectivity index is 1.47. The van der Waals surface area contributed by atoms with Gasteiger partial charge in [-0.15, -0.1) is 0 Å². The maximum Gasteiger partial charge on any atom is 0.214 e. The van der Waals surface area contributed by atoms with Gasteiger partial charge in [0, 0.05) is 12.7 Å². The van der Waals surface area contributed by atoms with Gasteiger partial charge >= 0.3 is 0 Å². The number of anilines is 3. The van der Waals surface area contributed by atoms with Crippen LogP contribution in [-0.4, -0.2) is 80.0 Å². The summed E-state index contributed by atoms with van der Waals surface area (Å²) in [5.41, 5.74) is 15.1. The highest BCUT2D eigenvalue weighted by Gasteiger charge is 2.45. The molecule has 12 heteroatoms. The molecule has 1 fully saturated rings. The number of benzene rings is 2. The van der Waals surface area contributed by atoms with E-state index in [1.54, 1.807) is 9.47 Å². The Morgan fingerprint density at radius 2 is 1.87 bits per heavy atom. The fraction of sp³-hybridized carbons (Fsp3) is 0.346. The van der Waals surface area contributed by atoms with Gasteiger partial charge in [0.25, 0.3) is 0 Å². The van der Waals surface area contributed by atoms with E-state index in [1.807, 2.05) is 55.6 Å². The lowest BCUT2D eigenvalue weighted by molar-refractivity contribution is -0.0503.